The molecule has 0 radical (unpaired) electrons. The quantitative estimate of drug-likeness (QED) is 0.629. The zero-order chi connectivity index (χ0) is 12.8. The van der Waals surface area contributed by atoms with Gasteiger partial charge in [0, 0.05) is 0 Å². The Morgan fingerprint density at radius 3 is 2.22 bits per heavy atom. The van der Waals surface area contributed by atoms with E-state index in [1.807, 2.05) is 13.0 Å². The molecule has 0 amide bonds. The fraction of sp³-hybridized carbons (Fsp3) is 0.111. The third kappa shape index (κ3) is 2.78. The second kappa shape index (κ2) is 6.02. The summed E-state index contributed by atoms with van der Waals surface area (Å²) in [6, 6.07) is 19.1. The Balaban J connectivity index is 2.43. The number of rotatable bonds is 3. The fourth-order valence-electron chi connectivity index (χ4n) is 2.05. The molecule has 0 saturated carbocycles. The molecular weight excluding hydrogens is 216 g/mol. The van der Waals surface area contributed by atoms with Crippen LogP contribution in [0.4, 0.5) is 0 Å². The zero-order valence-electron chi connectivity index (χ0n) is 10.9. The minimum absolute atomic E-state index is 1.26. The first-order valence-corrected chi connectivity index (χ1v) is 6.30. The van der Waals surface area contributed by atoms with Gasteiger partial charge in [-0.3, -0.25) is 0 Å². The molecule has 0 atom stereocenters. The molecule has 0 unspecified atom stereocenters. The van der Waals surface area contributed by atoms with Crippen LogP contribution in [0.3, 0.4) is 0 Å². The summed E-state index contributed by atoms with van der Waals surface area (Å²) in [7, 11) is 0. The Morgan fingerprint density at radius 1 is 0.833 bits per heavy atom. The van der Waals surface area contributed by atoms with Crippen molar-refractivity contribution in [2.75, 3.05) is 0 Å². The molecule has 0 aliphatic heterocycles. The molecular formula is C18H18. The number of hydrogen-bond acceptors (Lipinski definition) is 0. The Morgan fingerprint density at radius 2 is 1.56 bits per heavy atom. The first-order valence-electron chi connectivity index (χ1n) is 6.30. The first-order chi connectivity index (χ1) is 8.85. The van der Waals surface area contributed by atoms with E-state index in [9.17, 15) is 0 Å². The van der Waals surface area contributed by atoms with Gasteiger partial charge in [0.1, 0.15) is 0 Å². The van der Waals surface area contributed by atoms with E-state index in [1.165, 1.54) is 22.3 Å². The van der Waals surface area contributed by atoms with E-state index >= 15 is 0 Å². The predicted molar refractivity (Wildman–Crippen MR) is 80.3 cm³/mol. The predicted octanol–water partition coefficient (Wildman–Crippen LogP) is 5.33. The van der Waals surface area contributed by atoms with Crippen LogP contribution in [0.15, 0.2) is 72.8 Å². The highest BCUT2D eigenvalue weighted by atomic mass is 14.0. The highest BCUT2D eigenvalue weighted by Gasteiger charge is 2.00. The summed E-state index contributed by atoms with van der Waals surface area (Å²) in [6.07, 6.45) is 6.36. The molecule has 0 aromatic heterocycles. The van der Waals surface area contributed by atoms with E-state index in [2.05, 4.69) is 73.7 Å². The molecule has 0 nitrogen and oxygen atoms in total. The molecule has 2 rings (SSSR count). The Bertz CT molecular complexity index is 560. The van der Waals surface area contributed by atoms with Crippen LogP contribution in [0.5, 0.6) is 0 Å². The van der Waals surface area contributed by atoms with Gasteiger partial charge in [-0.1, -0.05) is 66.8 Å². The van der Waals surface area contributed by atoms with Crippen molar-refractivity contribution < 1.29 is 0 Å². The minimum Gasteiger partial charge on any atom is -0.0871 e. The molecule has 2 aromatic carbocycles. The molecule has 0 N–H and O–H groups in total. The van der Waals surface area contributed by atoms with Crippen molar-refractivity contribution in [3.63, 3.8) is 0 Å². The van der Waals surface area contributed by atoms with Crippen LogP contribution in [0.2, 0.25) is 0 Å². The van der Waals surface area contributed by atoms with Crippen molar-refractivity contribution >= 4 is 5.57 Å². The van der Waals surface area contributed by atoms with Gasteiger partial charge in [0.2, 0.25) is 0 Å². The summed E-state index contributed by atoms with van der Waals surface area (Å²) in [4.78, 5) is 0. The van der Waals surface area contributed by atoms with E-state index in [-0.39, 0.29) is 0 Å². The highest BCUT2D eigenvalue weighted by Crippen LogP contribution is 2.24. The molecule has 18 heavy (non-hydrogen) atoms. The van der Waals surface area contributed by atoms with Crippen molar-refractivity contribution in [1.29, 1.82) is 0 Å². The van der Waals surface area contributed by atoms with E-state index in [4.69, 9.17) is 0 Å². The molecule has 2 aromatic rings. The van der Waals surface area contributed by atoms with Gasteiger partial charge >= 0.3 is 0 Å². The minimum atomic E-state index is 1.26. The maximum absolute atomic E-state index is 2.24. The molecule has 0 aliphatic rings. The van der Waals surface area contributed by atoms with E-state index < -0.39 is 0 Å². The van der Waals surface area contributed by atoms with Crippen molar-refractivity contribution in [3.05, 3.63) is 78.4 Å². The largest absolute Gasteiger partial charge is 0.0871 e. The van der Waals surface area contributed by atoms with Gasteiger partial charge in [0.05, 0.1) is 0 Å². The Labute approximate surface area is 109 Å². The molecule has 0 fully saturated rings. The lowest BCUT2D eigenvalue weighted by Crippen LogP contribution is -1.83. The maximum atomic E-state index is 2.24. The van der Waals surface area contributed by atoms with Crippen LogP contribution in [0.1, 0.15) is 19.4 Å². The highest BCUT2D eigenvalue weighted by molar-refractivity contribution is 5.77. The van der Waals surface area contributed by atoms with Gasteiger partial charge in [-0.2, -0.15) is 0 Å². The number of allylic oxidation sites excluding steroid dienone is 4. The van der Waals surface area contributed by atoms with Crippen LogP contribution in [0.25, 0.3) is 16.7 Å². The van der Waals surface area contributed by atoms with Crippen molar-refractivity contribution in [2.24, 2.45) is 0 Å². The van der Waals surface area contributed by atoms with Crippen molar-refractivity contribution in [1.82, 2.24) is 0 Å². The molecule has 0 heteroatoms. The smallest absolute Gasteiger partial charge is 0.0178 e. The lowest BCUT2D eigenvalue weighted by molar-refractivity contribution is 1.56. The van der Waals surface area contributed by atoms with Crippen LogP contribution >= 0.6 is 0 Å². The molecule has 90 valence electrons. The molecule has 0 spiro atoms. The van der Waals surface area contributed by atoms with Crippen molar-refractivity contribution in [2.45, 2.75) is 13.8 Å². The normalized spacial score (nSPS) is 12.0. The van der Waals surface area contributed by atoms with Gasteiger partial charge in [-0.15, -0.1) is 0 Å². The third-order valence-electron chi connectivity index (χ3n) is 2.96. The second-order valence-corrected chi connectivity index (χ2v) is 4.19. The van der Waals surface area contributed by atoms with E-state index in [1.54, 1.807) is 0 Å². The lowest BCUT2D eigenvalue weighted by atomic mass is 9.99. The fourth-order valence-corrected chi connectivity index (χ4v) is 2.05. The van der Waals surface area contributed by atoms with Crippen LogP contribution in [-0.2, 0) is 0 Å². The number of benzene rings is 2. The SMILES string of the molecule is C/C=C\C(=C/C)c1cccc(-c2ccccc2)c1. The summed E-state index contributed by atoms with van der Waals surface area (Å²) >= 11 is 0. The van der Waals surface area contributed by atoms with Gasteiger partial charge in [0.15, 0.2) is 0 Å². The molecule has 0 bridgehead atoms. The number of hydrogen-bond donors (Lipinski definition) is 0. The Kier molecular flexibility index (Phi) is 4.14. The molecule has 0 saturated heterocycles. The van der Waals surface area contributed by atoms with Gasteiger partial charge in [0.25, 0.3) is 0 Å². The van der Waals surface area contributed by atoms with Gasteiger partial charge in [-0.05, 0) is 42.2 Å². The average molecular weight is 234 g/mol. The van der Waals surface area contributed by atoms with Crippen LogP contribution in [0, 0.1) is 0 Å². The summed E-state index contributed by atoms with van der Waals surface area (Å²) in [5, 5.41) is 0. The summed E-state index contributed by atoms with van der Waals surface area (Å²) in [5.41, 5.74) is 5.04. The van der Waals surface area contributed by atoms with Crippen molar-refractivity contribution in [3.8, 4) is 11.1 Å². The van der Waals surface area contributed by atoms with Gasteiger partial charge in [-0.25, -0.2) is 0 Å². The van der Waals surface area contributed by atoms with E-state index in [0.717, 1.165) is 0 Å². The molecule has 0 heterocycles. The molecule has 0 aliphatic carbocycles. The first kappa shape index (κ1) is 12.4. The topological polar surface area (TPSA) is 0 Å². The standard InChI is InChI=1S/C18H18/c1-3-9-15(4-2)17-12-8-13-18(14-17)16-10-6-5-7-11-16/h3-14H,1-2H3/b9-3-,15-4+. The zero-order valence-corrected chi connectivity index (χ0v) is 10.9. The summed E-state index contributed by atoms with van der Waals surface area (Å²) in [6.45, 7) is 4.12. The summed E-state index contributed by atoms with van der Waals surface area (Å²) < 4.78 is 0. The van der Waals surface area contributed by atoms with Crippen LogP contribution < -0.4 is 0 Å². The third-order valence-corrected chi connectivity index (χ3v) is 2.96. The summed E-state index contributed by atoms with van der Waals surface area (Å²) in [5.74, 6) is 0. The van der Waals surface area contributed by atoms with E-state index in [0.29, 0.717) is 0 Å². The maximum Gasteiger partial charge on any atom is -0.0178 e. The average Bonchev–Trinajstić information content (AvgIpc) is 2.46. The lowest BCUT2D eigenvalue weighted by Gasteiger charge is -2.06. The van der Waals surface area contributed by atoms with Crippen LogP contribution in [-0.4, -0.2) is 0 Å². The Hall–Kier alpha value is -2.08. The monoisotopic (exact) mass is 234 g/mol. The second-order valence-electron chi connectivity index (χ2n) is 4.19. The van der Waals surface area contributed by atoms with Gasteiger partial charge < -0.3 is 0 Å².